The van der Waals surface area contributed by atoms with Gasteiger partial charge in [-0.3, -0.25) is 0 Å². The van der Waals surface area contributed by atoms with E-state index >= 15 is 0 Å². The standard InChI is InChI=1S/C54H38N4/c1-7-19-49-43(13-1)44-14-2-8-20-50(44)56(49)40-31-25-37(26-32-40)55(38-27-33-41(34-28-38)57-51-21-9-3-15-45(51)46-16-4-10-22-52(46)57)39-29-35-42(36-30-39)58-53-23-11-5-17-47(53)48-18-6-12-24-54(48)58/h1-29,31-36,39H,30H2. The Hall–Kier alpha value is -7.56. The molecule has 0 bridgehead atoms. The molecule has 0 fully saturated rings. The van der Waals surface area contributed by atoms with Crippen molar-refractivity contribution >= 4 is 82.5 Å². The van der Waals surface area contributed by atoms with E-state index in [-0.39, 0.29) is 6.04 Å². The number of aromatic nitrogens is 3. The van der Waals surface area contributed by atoms with Gasteiger partial charge >= 0.3 is 0 Å². The molecule has 0 saturated carbocycles. The first kappa shape index (κ1) is 32.7. The lowest BCUT2D eigenvalue weighted by atomic mass is 10.0. The molecule has 12 rings (SSSR count). The molecule has 0 aliphatic heterocycles. The molecule has 4 nitrogen and oxygen atoms in total. The highest BCUT2D eigenvalue weighted by molar-refractivity contribution is 6.11. The summed E-state index contributed by atoms with van der Waals surface area (Å²) >= 11 is 0. The van der Waals surface area contributed by atoms with Crippen molar-refractivity contribution < 1.29 is 0 Å². The Labute approximate surface area is 336 Å². The van der Waals surface area contributed by atoms with E-state index in [1.165, 1.54) is 71.1 Å². The molecular formula is C54H38N4. The molecule has 1 atom stereocenters. The van der Waals surface area contributed by atoms with Gasteiger partial charge in [-0.2, -0.15) is 0 Å². The van der Waals surface area contributed by atoms with E-state index in [1.807, 2.05) is 0 Å². The van der Waals surface area contributed by atoms with Gasteiger partial charge in [-0.15, -0.1) is 0 Å². The predicted molar refractivity (Wildman–Crippen MR) is 245 cm³/mol. The summed E-state index contributed by atoms with van der Waals surface area (Å²) in [6.07, 6.45) is 7.98. The Morgan fingerprint density at radius 2 is 0.655 bits per heavy atom. The van der Waals surface area contributed by atoms with Crippen molar-refractivity contribution in [1.29, 1.82) is 0 Å². The summed E-state index contributed by atoms with van der Waals surface area (Å²) < 4.78 is 7.20. The number of rotatable bonds is 6. The largest absolute Gasteiger partial charge is 0.334 e. The molecule has 8 aromatic carbocycles. The fourth-order valence-electron chi connectivity index (χ4n) is 9.61. The fraction of sp³-hybridized carbons (Fsp3) is 0.0370. The molecule has 0 amide bonds. The highest BCUT2D eigenvalue weighted by atomic mass is 15.2. The third-order valence-electron chi connectivity index (χ3n) is 12.2. The van der Waals surface area contributed by atoms with Gasteiger partial charge in [-0.1, -0.05) is 121 Å². The molecular weight excluding hydrogens is 705 g/mol. The molecule has 11 aromatic rings. The SMILES string of the molecule is C1=CC(N(c2ccc(-n3c4ccccc4c4ccccc43)cc2)c2ccc(-n3c4ccccc4c4ccccc43)cc2)CC=C1n1c2ccccc2c2ccccc21. The van der Waals surface area contributed by atoms with Crippen molar-refractivity contribution in [3.05, 3.63) is 212 Å². The molecule has 0 radical (unpaired) electrons. The zero-order valence-corrected chi connectivity index (χ0v) is 31.8. The lowest BCUT2D eigenvalue weighted by Crippen LogP contribution is -2.30. The topological polar surface area (TPSA) is 18.0 Å². The minimum absolute atomic E-state index is 0.106. The summed E-state index contributed by atoms with van der Waals surface area (Å²) in [5, 5.41) is 7.64. The number of hydrogen-bond acceptors (Lipinski definition) is 1. The van der Waals surface area contributed by atoms with Gasteiger partial charge < -0.3 is 18.6 Å². The van der Waals surface area contributed by atoms with Crippen molar-refractivity contribution in [3.8, 4) is 11.4 Å². The Kier molecular flexibility index (Phi) is 7.32. The molecule has 0 saturated heterocycles. The van der Waals surface area contributed by atoms with E-state index in [2.05, 4.69) is 231 Å². The van der Waals surface area contributed by atoms with Crippen LogP contribution in [-0.2, 0) is 0 Å². The first-order valence-electron chi connectivity index (χ1n) is 20.1. The van der Waals surface area contributed by atoms with Crippen LogP contribution < -0.4 is 4.90 Å². The van der Waals surface area contributed by atoms with Crippen LogP contribution in [0, 0.1) is 0 Å². The van der Waals surface area contributed by atoms with Gasteiger partial charge in [0, 0.05) is 60.8 Å². The van der Waals surface area contributed by atoms with Gasteiger partial charge in [0.25, 0.3) is 0 Å². The molecule has 274 valence electrons. The zero-order valence-electron chi connectivity index (χ0n) is 31.8. The Balaban J connectivity index is 0.965. The van der Waals surface area contributed by atoms with Crippen LogP contribution in [0.15, 0.2) is 212 Å². The molecule has 1 unspecified atom stereocenters. The summed E-state index contributed by atoms with van der Waals surface area (Å²) in [5.41, 5.74) is 13.1. The Morgan fingerprint density at radius 3 is 0.966 bits per heavy atom. The van der Waals surface area contributed by atoms with Crippen molar-refractivity contribution in [2.75, 3.05) is 4.90 Å². The van der Waals surface area contributed by atoms with Crippen LogP contribution in [0.5, 0.6) is 0 Å². The second kappa shape index (κ2) is 13.0. The third-order valence-corrected chi connectivity index (χ3v) is 12.2. The minimum Gasteiger partial charge on any atom is -0.334 e. The van der Waals surface area contributed by atoms with E-state index < -0.39 is 0 Å². The van der Waals surface area contributed by atoms with Crippen LogP contribution in [0.2, 0.25) is 0 Å². The molecule has 3 heterocycles. The summed E-state index contributed by atoms with van der Waals surface area (Å²) in [5.74, 6) is 0. The number of allylic oxidation sites excluding steroid dienone is 2. The van der Waals surface area contributed by atoms with Gasteiger partial charge in [0.1, 0.15) is 0 Å². The highest BCUT2D eigenvalue weighted by Crippen LogP contribution is 2.39. The smallest absolute Gasteiger partial charge is 0.0561 e. The van der Waals surface area contributed by atoms with E-state index in [0.717, 1.165) is 29.2 Å². The molecule has 0 spiro atoms. The number of anilines is 2. The van der Waals surface area contributed by atoms with Crippen LogP contribution in [0.3, 0.4) is 0 Å². The number of para-hydroxylation sites is 6. The quantitative estimate of drug-likeness (QED) is 0.166. The first-order chi connectivity index (χ1) is 28.8. The van der Waals surface area contributed by atoms with Crippen LogP contribution in [0.1, 0.15) is 6.42 Å². The lowest BCUT2D eigenvalue weighted by Gasteiger charge is -2.33. The molecule has 58 heavy (non-hydrogen) atoms. The third kappa shape index (κ3) is 4.95. The molecule has 0 N–H and O–H groups in total. The number of nitrogens with zero attached hydrogens (tertiary/aromatic N) is 4. The fourth-order valence-corrected chi connectivity index (χ4v) is 9.61. The van der Waals surface area contributed by atoms with Crippen molar-refractivity contribution in [2.45, 2.75) is 12.5 Å². The van der Waals surface area contributed by atoms with Gasteiger partial charge in [0.2, 0.25) is 0 Å². The van der Waals surface area contributed by atoms with Gasteiger partial charge in [-0.05, 0) is 97.4 Å². The molecule has 1 aliphatic rings. The highest BCUT2D eigenvalue weighted by Gasteiger charge is 2.23. The summed E-state index contributed by atoms with van der Waals surface area (Å²) in [4.78, 5) is 2.50. The molecule has 3 aromatic heterocycles. The monoisotopic (exact) mass is 742 g/mol. The number of fused-ring (bicyclic) bond motifs is 9. The van der Waals surface area contributed by atoms with Gasteiger partial charge in [0.15, 0.2) is 0 Å². The van der Waals surface area contributed by atoms with Gasteiger partial charge in [0.05, 0.1) is 39.1 Å². The zero-order chi connectivity index (χ0) is 38.2. The van der Waals surface area contributed by atoms with E-state index in [4.69, 9.17) is 0 Å². The van der Waals surface area contributed by atoms with E-state index in [1.54, 1.807) is 0 Å². The number of benzene rings is 8. The average Bonchev–Trinajstić information content (AvgIpc) is 3.93. The van der Waals surface area contributed by atoms with Gasteiger partial charge in [-0.25, -0.2) is 0 Å². The Morgan fingerprint density at radius 1 is 0.345 bits per heavy atom. The van der Waals surface area contributed by atoms with Crippen LogP contribution in [-0.4, -0.2) is 19.7 Å². The molecule has 1 aliphatic carbocycles. The maximum Gasteiger partial charge on any atom is 0.0561 e. The van der Waals surface area contributed by atoms with E-state index in [9.17, 15) is 0 Å². The lowest BCUT2D eigenvalue weighted by molar-refractivity contribution is 0.783. The Bertz CT molecular complexity index is 3110. The number of hydrogen-bond donors (Lipinski definition) is 0. The van der Waals surface area contributed by atoms with Crippen molar-refractivity contribution in [2.24, 2.45) is 0 Å². The minimum atomic E-state index is 0.106. The van der Waals surface area contributed by atoms with Crippen LogP contribution >= 0.6 is 0 Å². The predicted octanol–water partition coefficient (Wildman–Crippen LogP) is 14.0. The second-order valence-corrected chi connectivity index (χ2v) is 15.3. The normalized spacial score (nSPS) is 14.3. The first-order valence-corrected chi connectivity index (χ1v) is 20.1. The summed E-state index contributed by atoms with van der Waals surface area (Å²) in [7, 11) is 0. The van der Waals surface area contributed by atoms with E-state index in [0.29, 0.717) is 0 Å². The maximum atomic E-state index is 2.50. The summed E-state index contributed by atoms with van der Waals surface area (Å²) in [6, 6.07) is 70.7. The second-order valence-electron chi connectivity index (χ2n) is 15.3. The maximum absolute atomic E-state index is 2.50. The van der Waals surface area contributed by atoms with Crippen LogP contribution in [0.25, 0.3) is 82.5 Å². The van der Waals surface area contributed by atoms with Crippen molar-refractivity contribution in [3.63, 3.8) is 0 Å². The van der Waals surface area contributed by atoms with Crippen molar-refractivity contribution in [1.82, 2.24) is 13.7 Å². The van der Waals surface area contributed by atoms with Crippen LogP contribution in [0.4, 0.5) is 11.4 Å². The summed E-state index contributed by atoms with van der Waals surface area (Å²) in [6.45, 7) is 0. The average molecular weight is 743 g/mol. The molecule has 4 heteroatoms.